The highest BCUT2D eigenvalue weighted by atomic mass is 32.1. The van der Waals surface area contributed by atoms with E-state index >= 15 is 0 Å². The van der Waals surface area contributed by atoms with Crippen LogP contribution in [0.4, 0.5) is 5.13 Å². The number of aromatic nitrogens is 2. The second-order valence-electron chi connectivity index (χ2n) is 5.97. The first-order chi connectivity index (χ1) is 10.3. The van der Waals surface area contributed by atoms with E-state index in [0.29, 0.717) is 24.1 Å². The second-order valence-corrected chi connectivity index (χ2v) is 6.70. The maximum Gasteiger partial charge on any atom is 0.205 e. The van der Waals surface area contributed by atoms with Crippen molar-refractivity contribution < 1.29 is 9.52 Å². The summed E-state index contributed by atoms with van der Waals surface area (Å²) in [4.78, 5) is 7.02. The highest BCUT2D eigenvalue weighted by Gasteiger charge is 2.33. The van der Waals surface area contributed by atoms with Crippen LogP contribution in [0, 0.1) is 0 Å². The van der Waals surface area contributed by atoms with Crippen molar-refractivity contribution in [1.29, 1.82) is 0 Å². The van der Waals surface area contributed by atoms with Crippen molar-refractivity contribution in [2.24, 2.45) is 0 Å². The molecule has 0 amide bonds. The van der Waals surface area contributed by atoms with E-state index in [0.717, 1.165) is 30.3 Å². The summed E-state index contributed by atoms with van der Waals surface area (Å²) in [6.45, 7) is 1.01. The van der Waals surface area contributed by atoms with Crippen LogP contribution in [0.2, 0.25) is 0 Å². The number of aliphatic hydroxyl groups excluding tert-OH is 1. The van der Waals surface area contributed by atoms with Crippen LogP contribution in [0.1, 0.15) is 55.7 Å². The molecule has 2 atom stereocenters. The Labute approximate surface area is 127 Å². The molecule has 1 saturated carbocycles. The summed E-state index contributed by atoms with van der Waals surface area (Å²) in [5.74, 6) is 2.27. The molecule has 3 heterocycles. The molecule has 2 aromatic heterocycles. The summed E-state index contributed by atoms with van der Waals surface area (Å²) in [6, 6.07) is 3.97. The standard InChI is InChI=1S/C15H19N3O2S/c19-12(13-4-2-8-20-13)9-11-3-1-7-18(11)15-16-14(17-21-15)10-5-6-10/h2,4,8,10-12,19H,1,3,5-7,9H2. The van der Waals surface area contributed by atoms with Gasteiger partial charge in [-0.15, -0.1) is 0 Å². The zero-order valence-electron chi connectivity index (χ0n) is 11.8. The highest BCUT2D eigenvalue weighted by molar-refractivity contribution is 7.09. The molecule has 2 fully saturated rings. The van der Waals surface area contributed by atoms with Crippen LogP contribution >= 0.6 is 11.5 Å². The maximum absolute atomic E-state index is 10.3. The van der Waals surface area contributed by atoms with Crippen LogP contribution in [-0.2, 0) is 0 Å². The van der Waals surface area contributed by atoms with E-state index in [-0.39, 0.29) is 0 Å². The molecular formula is C15H19N3O2S. The van der Waals surface area contributed by atoms with E-state index in [9.17, 15) is 5.11 Å². The highest BCUT2D eigenvalue weighted by Crippen LogP contribution is 2.41. The summed E-state index contributed by atoms with van der Waals surface area (Å²) in [5.41, 5.74) is 0. The molecule has 21 heavy (non-hydrogen) atoms. The molecule has 1 N–H and O–H groups in total. The lowest BCUT2D eigenvalue weighted by molar-refractivity contribution is 0.132. The molecule has 112 valence electrons. The van der Waals surface area contributed by atoms with E-state index in [1.165, 1.54) is 24.4 Å². The summed E-state index contributed by atoms with van der Waals surface area (Å²) in [6.07, 6.45) is 6.46. The third kappa shape index (κ3) is 2.70. The molecule has 2 unspecified atom stereocenters. The number of furan rings is 1. The Bertz CT molecular complexity index is 594. The molecule has 2 aromatic rings. The number of hydrogen-bond acceptors (Lipinski definition) is 6. The molecule has 5 nitrogen and oxygen atoms in total. The van der Waals surface area contributed by atoms with E-state index in [4.69, 9.17) is 9.40 Å². The van der Waals surface area contributed by atoms with Crippen molar-refractivity contribution in [3.05, 3.63) is 30.0 Å². The molecule has 4 rings (SSSR count). The van der Waals surface area contributed by atoms with Gasteiger partial charge in [-0.1, -0.05) is 0 Å². The molecule has 6 heteroatoms. The van der Waals surface area contributed by atoms with Gasteiger partial charge < -0.3 is 14.4 Å². The number of nitrogens with zero attached hydrogens (tertiary/aromatic N) is 3. The zero-order chi connectivity index (χ0) is 14.2. The number of aliphatic hydroxyl groups is 1. The fourth-order valence-electron chi connectivity index (χ4n) is 3.04. The predicted octanol–water partition coefficient (Wildman–Crippen LogP) is 3.10. The fourth-order valence-corrected chi connectivity index (χ4v) is 3.88. The Balaban J connectivity index is 1.46. The Morgan fingerprint density at radius 1 is 1.43 bits per heavy atom. The van der Waals surface area contributed by atoms with Gasteiger partial charge in [-0.25, -0.2) is 4.98 Å². The third-order valence-electron chi connectivity index (χ3n) is 4.36. The third-order valence-corrected chi connectivity index (χ3v) is 5.13. The minimum atomic E-state index is -0.540. The molecular weight excluding hydrogens is 286 g/mol. The maximum atomic E-state index is 10.3. The lowest BCUT2D eigenvalue weighted by atomic mass is 10.1. The molecule has 0 aromatic carbocycles. The van der Waals surface area contributed by atoms with Crippen LogP contribution in [0.25, 0.3) is 0 Å². The second kappa shape index (κ2) is 5.42. The molecule has 0 spiro atoms. The van der Waals surface area contributed by atoms with Crippen molar-refractivity contribution in [2.45, 2.75) is 50.2 Å². The monoisotopic (exact) mass is 305 g/mol. The summed E-state index contributed by atoms with van der Waals surface area (Å²) < 4.78 is 9.79. The SMILES string of the molecule is OC(CC1CCCN1c1nc(C2CC2)ns1)c1ccco1. The van der Waals surface area contributed by atoms with Crippen molar-refractivity contribution >= 4 is 16.7 Å². The normalized spacial score (nSPS) is 23.7. The first kappa shape index (κ1) is 13.3. The van der Waals surface area contributed by atoms with Crippen LogP contribution in [0.3, 0.4) is 0 Å². The van der Waals surface area contributed by atoms with Gasteiger partial charge in [-0.3, -0.25) is 0 Å². The molecule has 1 aliphatic heterocycles. The van der Waals surface area contributed by atoms with Gasteiger partial charge in [-0.2, -0.15) is 4.37 Å². The molecule has 1 aliphatic carbocycles. The van der Waals surface area contributed by atoms with Crippen molar-refractivity contribution in [1.82, 2.24) is 9.36 Å². The minimum absolute atomic E-state index is 0.324. The van der Waals surface area contributed by atoms with Gasteiger partial charge in [0, 0.05) is 36.5 Å². The largest absolute Gasteiger partial charge is 0.467 e. The number of rotatable bonds is 5. The quantitative estimate of drug-likeness (QED) is 0.919. The van der Waals surface area contributed by atoms with Gasteiger partial charge in [0.05, 0.1) is 6.26 Å². The van der Waals surface area contributed by atoms with Crippen molar-refractivity contribution in [3.8, 4) is 0 Å². The zero-order valence-corrected chi connectivity index (χ0v) is 12.6. The smallest absolute Gasteiger partial charge is 0.205 e. The lowest BCUT2D eigenvalue weighted by Gasteiger charge is -2.25. The molecule has 2 aliphatic rings. The van der Waals surface area contributed by atoms with Gasteiger partial charge in [0.1, 0.15) is 17.7 Å². The van der Waals surface area contributed by atoms with Crippen LogP contribution in [0.15, 0.2) is 22.8 Å². The van der Waals surface area contributed by atoms with Gasteiger partial charge in [0.15, 0.2) is 0 Å². The Hall–Kier alpha value is -1.40. The van der Waals surface area contributed by atoms with Crippen molar-refractivity contribution in [2.75, 3.05) is 11.4 Å². The van der Waals surface area contributed by atoms with E-state index in [2.05, 4.69) is 9.27 Å². The van der Waals surface area contributed by atoms with E-state index < -0.39 is 6.10 Å². The minimum Gasteiger partial charge on any atom is -0.467 e. The molecule has 0 radical (unpaired) electrons. The summed E-state index contributed by atoms with van der Waals surface area (Å²) in [5, 5.41) is 11.3. The Morgan fingerprint density at radius 2 is 2.33 bits per heavy atom. The average Bonchev–Trinajstić information content (AvgIpc) is 2.95. The number of hydrogen-bond donors (Lipinski definition) is 1. The first-order valence-electron chi connectivity index (χ1n) is 7.63. The van der Waals surface area contributed by atoms with Gasteiger partial charge in [0.2, 0.25) is 5.13 Å². The van der Waals surface area contributed by atoms with E-state index in [1.54, 1.807) is 6.26 Å². The Kier molecular flexibility index (Phi) is 3.43. The summed E-state index contributed by atoms with van der Waals surface area (Å²) in [7, 11) is 0. The average molecular weight is 305 g/mol. The van der Waals surface area contributed by atoms with E-state index in [1.807, 2.05) is 12.1 Å². The topological polar surface area (TPSA) is 62.4 Å². The molecule has 0 bridgehead atoms. The van der Waals surface area contributed by atoms with Gasteiger partial charge in [0.25, 0.3) is 0 Å². The van der Waals surface area contributed by atoms with Gasteiger partial charge in [-0.05, 0) is 37.8 Å². The predicted molar refractivity (Wildman–Crippen MR) is 80.5 cm³/mol. The van der Waals surface area contributed by atoms with Gasteiger partial charge >= 0.3 is 0 Å². The summed E-state index contributed by atoms with van der Waals surface area (Å²) >= 11 is 1.50. The van der Waals surface area contributed by atoms with Crippen LogP contribution in [0.5, 0.6) is 0 Å². The fraction of sp³-hybridized carbons (Fsp3) is 0.600. The number of anilines is 1. The van der Waals surface area contributed by atoms with Crippen molar-refractivity contribution in [3.63, 3.8) is 0 Å². The van der Waals surface area contributed by atoms with Crippen LogP contribution in [-0.4, -0.2) is 27.1 Å². The van der Waals surface area contributed by atoms with Crippen LogP contribution < -0.4 is 4.90 Å². The first-order valence-corrected chi connectivity index (χ1v) is 8.40. The Morgan fingerprint density at radius 3 is 3.10 bits per heavy atom. The lowest BCUT2D eigenvalue weighted by Crippen LogP contribution is -2.30. The molecule has 1 saturated heterocycles.